The van der Waals surface area contributed by atoms with E-state index in [0.29, 0.717) is 28.6 Å². The Labute approximate surface area is 177 Å². The first-order chi connectivity index (χ1) is 14.6. The van der Waals surface area contributed by atoms with Gasteiger partial charge in [-0.25, -0.2) is 9.97 Å². The van der Waals surface area contributed by atoms with Gasteiger partial charge in [-0.1, -0.05) is 41.7 Å². The number of benzene rings is 1. The molecule has 1 saturated heterocycles. The highest BCUT2D eigenvalue weighted by atomic mass is 32.1. The van der Waals surface area contributed by atoms with Gasteiger partial charge in [0.05, 0.1) is 6.54 Å². The average molecular weight is 425 g/mol. The van der Waals surface area contributed by atoms with Gasteiger partial charge in [-0.15, -0.1) is 0 Å². The van der Waals surface area contributed by atoms with E-state index in [4.69, 9.17) is 4.98 Å². The minimum absolute atomic E-state index is 0.00240. The third-order valence-corrected chi connectivity index (χ3v) is 6.79. The lowest BCUT2D eigenvalue weighted by Gasteiger charge is -2.24. The largest absolute Gasteiger partial charge is 0.350 e. The number of hydrogen-bond acceptors (Lipinski definition) is 7. The Balaban J connectivity index is 1.41. The molecule has 156 valence electrons. The van der Waals surface area contributed by atoms with Gasteiger partial charge < -0.3 is 15.5 Å². The molecule has 2 aliphatic heterocycles. The highest BCUT2D eigenvalue weighted by Gasteiger charge is 2.33. The van der Waals surface area contributed by atoms with Gasteiger partial charge in [0, 0.05) is 25.7 Å². The Bertz CT molecular complexity index is 1140. The molecule has 0 aliphatic carbocycles. The zero-order valence-corrected chi connectivity index (χ0v) is 17.6. The van der Waals surface area contributed by atoms with E-state index in [9.17, 15) is 9.59 Å². The molecular formula is C21H24N6O2S. The molecule has 3 aromatic rings. The highest BCUT2D eigenvalue weighted by Crippen LogP contribution is 2.32. The fourth-order valence-electron chi connectivity index (χ4n) is 4.28. The normalized spacial score (nSPS) is 21.0. The molecule has 0 unspecified atom stereocenters. The number of nitrogens with zero attached hydrogens (tertiary/aromatic N) is 4. The number of hydrogen-bond donors (Lipinski definition) is 2. The summed E-state index contributed by atoms with van der Waals surface area (Å²) in [7, 11) is 0. The van der Waals surface area contributed by atoms with Crippen molar-refractivity contribution >= 4 is 32.7 Å². The van der Waals surface area contributed by atoms with Crippen molar-refractivity contribution in [3.63, 3.8) is 0 Å². The predicted molar refractivity (Wildman–Crippen MR) is 117 cm³/mol. The Morgan fingerprint density at radius 2 is 2.13 bits per heavy atom. The molecule has 0 saturated carbocycles. The van der Waals surface area contributed by atoms with E-state index in [1.165, 1.54) is 11.3 Å². The molecule has 2 N–H and O–H groups in total. The van der Waals surface area contributed by atoms with Crippen LogP contribution in [0.4, 0.5) is 5.13 Å². The summed E-state index contributed by atoms with van der Waals surface area (Å²) in [5.41, 5.74) is 1.39. The maximum Gasteiger partial charge on any atom is 0.281 e. The summed E-state index contributed by atoms with van der Waals surface area (Å²) in [6.07, 6.45) is 1.70. The van der Waals surface area contributed by atoms with E-state index in [-0.39, 0.29) is 23.6 Å². The maximum absolute atomic E-state index is 13.0. The molecule has 4 heterocycles. The first-order valence-electron chi connectivity index (χ1n) is 10.3. The van der Waals surface area contributed by atoms with Crippen LogP contribution in [0.3, 0.4) is 0 Å². The molecule has 30 heavy (non-hydrogen) atoms. The lowest BCUT2D eigenvalue weighted by molar-refractivity contribution is -0.122. The smallest absolute Gasteiger partial charge is 0.281 e. The van der Waals surface area contributed by atoms with E-state index in [1.54, 1.807) is 4.57 Å². The first-order valence-corrected chi connectivity index (χ1v) is 11.1. The van der Waals surface area contributed by atoms with E-state index in [2.05, 4.69) is 15.6 Å². The molecule has 2 atom stereocenters. The van der Waals surface area contributed by atoms with Gasteiger partial charge >= 0.3 is 0 Å². The second-order valence-corrected chi connectivity index (χ2v) is 8.84. The summed E-state index contributed by atoms with van der Waals surface area (Å²) in [5, 5.41) is 7.04. The number of aromatic nitrogens is 3. The number of nitrogens with one attached hydrogen (secondary N) is 2. The summed E-state index contributed by atoms with van der Waals surface area (Å²) in [4.78, 5) is 37.9. The fourth-order valence-corrected chi connectivity index (χ4v) is 5.30. The second kappa shape index (κ2) is 7.81. The van der Waals surface area contributed by atoms with E-state index in [1.807, 2.05) is 42.2 Å². The van der Waals surface area contributed by atoms with Crippen LogP contribution in [-0.2, 0) is 17.9 Å². The molecule has 0 bridgehead atoms. The van der Waals surface area contributed by atoms with Crippen molar-refractivity contribution in [1.82, 2.24) is 25.2 Å². The van der Waals surface area contributed by atoms with Crippen LogP contribution in [0.25, 0.3) is 10.3 Å². The first kappa shape index (κ1) is 19.2. The minimum Gasteiger partial charge on any atom is -0.350 e. The fraction of sp³-hybridized carbons (Fsp3) is 0.429. The average Bonchev–Trinajstić information content (AvgIpc) is 3.40. The van der Waals surface area contributed by atoms with Crippen LogP contribution < -0.4 is 21.1 Å². The number of thiazole rings is 1. The molecule has 1 aromatic carbocycles. The quantitative estimate of drug-likeness (QED) is 0.664. The second-order valence-electron chi connectivity index (χ2n) is 7.89. The Morgan fingerprint density at radius 1 is 1.30 bits per heavy atom. The molecule has 1 fully saturated rings. The summed E-state index contributed by atoms with van der Waals surface area (Å²) in [6, 6.07) is 9.66. The molecular weight excluding hydrogens is 400 g/mol. The molecule has 2 aromatic heterocycles. The summed E-state index contributed by atoms with van der Waals surface area (Å²) < 4.78 is 1.75. The van der Waals surface area contributed by atoms with Crippen molar-refractivity contribution in [3.05, 3.63) is 52.1 Å². The van der Waals surface area contributed by atoms with Crippen molar-refractivity contribution in [1.29, 1.82) is 0 Å². The number of carbonyl (C=O) groups excluding carboxylic acids is 1. The minimum atomic E-state index is -0.271. The van der Waals surface area contributed by atoms with Gasteiger partial charge in [0.25, 0.3) is 5.56 Å². The highest BCUT2D eigenvalue weighted by molar-refractivity contribution is 7.21. The SMILES string of the molecule is C[C@@H]1CNCc2nc3sc(N4CCC[C@@H]4C(=O)NCc4ccccc4)nc3c(=O)n21. The van der Waals surface area contributed by atoms with Crippen LogP contribution in [0.1, 0.15) is 37.2 Å². The Morgan fingerprint density at radius 3 is 2.97 bits per heavy atom. The summed E-state index contributed by atoms with van der Waals surface area (Å²) in [5.74, 6) is 0.748. The van der Waals surface area contributed by atoms with Crippen LogP contribution in [0.2, 0.25) is 0 Å². The molecule has 1 amide bonds. The summed E-state index contributed by atoms with van der Waals surface area (Å²) >= 11 is 1.40. The third kappa shape index (κ3) is 3.37. The number of anilines is 1. The monoisotopic (exact) mass is 424 g/mol. The molecule has 9 heteroatoms. The molecule has 5 rings (SSSR count). The van der Waals surface area contributed by atoms with Crippen molar-refractivity contribution in [3.8, 4) is 0 Å². The topological polar surface area (TPSA) is 92.2 Å². The summed E-state index contributed by atoms with van der Waals surface area (Å²) in [6.45, 7) is 4.59. The standard InChI is InChI=1S/C21H24N6O2S/c1-13-10-22-12-16-24-19-17(20(29)27(13)16)25-21(30-19)26-9-5-8-15(26)18(28)23-11-14-6-3-2-4-7-14/h2-4,6-7,13,15,22H,5,8-12H2,1H3,(H,23,28)/t13-,15-/m1/s1. The molecule has 8 nitrogen and oxygen atoms in total. The van der Waals surface area contributed by atoms with Gasteiger partial charge in [0.15, 0.2) is 15.5 Å². The third-order valence-electron chi connectivity index (χ3n) is 5.80. The van der Waals surface area contributed by atoms with E-state index < -0.39 is 0 Å². The van der Waals surface area contributed by atoms with E-state index in [0.717, 1.165) is 37.3 Å². The molecule has 0 radical (unpaired) electrons. The Kier molecular flexibility index (Phi) is 5.00. The van der Waals surface area contributed by atoms with Gasteiger partial charge in [-0.2, -0.15) is 0 Å². The number of carbonyl (C=O) groups is 1. The van der Waals surface area contributed by atoms with Crippen LogP contribution in [-0.4, -0.2) is 39.6 Å². The number of rotatable bonds is 4. The lowest BCUT2D eigenvalue weighted by atomic mass is 10.2. The van der Waals surface area contributed by atoms with Crippen LogP contribution in [0, 0.1) is 0 Å². The zero-order valence-electron chi connectivity index (χ0n) is 16.8. The van der Waals surface area contributed by atoms with Crippen molar-refractivity contribution in [2.75, 3.05) is 18.0 Å². The van der Waals surface area contributed by atoms with Crippen molar-refractivity contribution in [2.24, 2.45) is 0 Å². The van der Waals surface area contributed by atoms with Gasteiger partial charge in [0.1, 0.15) is 11.9 Å². The molecule has 0 spiro atoms. The van der Waals surface area contributed by atoms with Gasteiger partial charge in [-0.3, -0.25) is 14.2 Å². The van der Waals surface area contributed by atoms with Gasteiger partial charge in [-0.05, 0) is 25.3 Å². The van der Waals surface area contributed by atoms with E-state index >= 15 is 0 Å². The van der Waals surface area contributed by atoms with Crippen LogP contribution in [0.15, 0.2) is 35.1 Å². The predicted octanol–water partition coefficient (Wildman–Crippen LogP) is 1.80. The lowest BCUT2D eigenvalue weighted by Crippen LogP contribution is -2.43. The number of fused-ring (bicyclic) bond motifs is 2. The van der Waals surface area contributed by atoms with Crippen LogP contribution in [0.5, 0.6) is 0 Å². The zero-order chi connectivity index (χ0) is 20.7. The molecule has 2 aliphatic rings. The maximum atomic E-state index is 13.0. The van der Waals surface area contributed by atoms with Crippen LogP contribution >= 0.6 is 11.3 Å². The Hall–Kier alpha value is -2.78. The van der Waals surface area contributed by atoms with Gasteiger partial charge in [0.2, 0.25) is 5.91 Å². The number of amides is 1. The van der Waals surface area contributed by atoms with Crippen molar-refractivity contribution in [2.45, 2.75) is 44.9 Å². The van der Waals surface area contributed by atoms with Crippen molar-refractivity contribution < 1.29 is 4.79 Å².